The number of methoxy groups -OCH3 is 2. The van der Waals surface area contributed by atoms with Gasteiger partial charge in [-0.3, -0.25) is 0 Å². The fraction of sp³-hybridized carbons (Fsp3) is 0.400. The zero-order valence-electron chi connectivity index (χ0n) is 15.0. The summed E-state index contributed by atoms with van der Waals surface area (Å²) in [5.74, 6) is 2.61. The second kappa shape index (κ2) is 9.18. The van der Waals surface area contributed by atoms with Crippen molar-refractivity contribution in [3.8, 4) is 17.2 Å². The summed E-state index contributed by atoms with van der Waals surface area (Å²) in [5.41, 5.74) is 2.30. The fourth-order valence-electron chi connectivity index (χ4n) is 2.48. The molecule has 0 aliphatic heterocycles. The topological polar surface area (TPSA) is 39.7 Å². The Balaban J connectivity index is 1.98. The van der Waals surface area contributed by atoms with E-state index in [1.54, 1.807) is 14.2 Å². The lowest BCUT2D eigenvalue weighted by Gasteiger charge is -2.18. The van der Waals surface area contributed by atoms with Crippen LogP contribution in [0.15, 0.2) is 42.5 Å². The van der Waals surface area contributed by atoms with Crippen LogP contribution in [-0.4, -0.2) is 20.8 Å². The molecule has 0 fully saturated rings. The molecule has 0 aromatic heterocycles. The van der Waals surface area contributed by atoms with Gasteiger partial charge in [-0.05, 0) is 49.2 Å². The number of ether oxygens (including phenoxy) is 3. The first-order chi connectivity index (χ1) is 11.7. The first kappa shape index (κ1) is 18.1. The average molecular weight is 329 g/mol. The van der Waals surface area contributed by atoms with E-state index in [1.165, 1.54) is 5.56 Å². The third-order valence-corrected chi connectivity index (χ3v) is 3.91. The van der Waals surface area contributed by atoms with Crippen LogP contribution in [0.2, 0.25) is 0 Å². The van der Waals surface area contributed by atoms with Crippen LogP contribution in [0.4, 0.5) is 0 Å². The maximum absolute atomic E-state index is 5.61. The first-order valence-electron chi connectivity index (χ1n) is 8.35. The smallest absolute Gasteiger partial charge is 0.123 e. The van der Waals surface area contributed by atoms with Gasteiger partial charge in [0.2, 0.25) is 0 Å². The largest absolute Gasteiger partial charge is 0.497 e. The predicted molar refractivity (Wildman–Crippen MR) is 97.0 cm³/mol. The summed E-state index contributed by atoms with van der Waals surface area (Å²) in [6.07, 6.45) is 1.02. The van der Waals surface area contributed by atoms with Gasteiger partial charge < -0.3 is 19.5 Å². The van der Waals surface area contributed by atoms with Crippen molar-refractivity contribution in [3.63, 3.8) is 0 Å². The first-order valence-corrected chi connectivity index (χ1v) is 8.35. The van der Waals surface area contributed by atoms with E-state index in [9.17, 15) is 0 Å². The van der Waals surface area contributed by atoms with Crippen molar-refractivity contribution in [1.82, 2.24) is 5.32 Å². The van der Waals surface area contributed by atoms with Gasteiger partial charge in [0.1, 0.15) is 17.2 Å². The molecule has 2 rings (SSSR count). The summed E-state index contributed by atoms with van der Waals surface area (Å²) < 4.78 is 16.4. The monoisotopic (exact) mass is 329 g/mol. The molecule has 0 amide bonds. The number of hydrogen-bond donors (Lipinski definition) is 1. The van der Waals surface area contributed by atoms with Gasteiger partial charge in [0.25, 0.3) is 0 Å². The summed E-state index contributed by atoms with van der Waals surface area (Å²) in [7, 11) is 3.36. The minimum absolute atomic E-state index is 0.145. The molecule has 24 heavy (non-hydrogen) atoms. The van der Waals surface area contributed by atoms with Crippen LogP contribution in [0.1, 0.15) is 37.4 Å². The van der Waals surface area contributed by atoms with Crippen LogP contribution in [0.25, 0.3) is 0 Å². The summed E-state index contributed by atoms with van der Waals surface area (Å²) in [6.45, 7) is 5.75. The van der Waals surface area contributed by atoms with Gasteiger partial charge in [-0.1, -0.05) is 19.1 Å². The van der Waals surface area contributed by atoms with Crippen LogP contribution >= 0.6 is 0 Å². The molecule has 0 aliphatic rings. The Bertz CT molecular complexity index is 625. The van der Waals surface area contributed by atoms with Crippen molar-refractivity contribution in [2.75, 3.05) is 20.8 Å². The minimum atomic E-state index is 0.145. The van der Waals surface area contributed by atoms with Gasteiger partial charge >= 0.3 is 0 Å². The molecule has 2 aromatic rings. The summed E-state index contributed by atoms with van der Waals surface area (Å²) in [5, 5.41) is 3.53. The SMILES string of the molecule is CCCOc1ccc(CNC(C)c2cc(OC)ccc2OC)cc1. The number of hydrogen-bond acceptors (Lipinski definition) is 4. The van der Waals surface area contributed by atoms with Crippen LogP contribution in [-0.2, 0) is 6.54 Å². The molecule has 4 heteroatoms. The van der Waals surface area contributed by atoms with Crippen molar-refractivity contribution in [2.24, 2.45) is 0 Å². The van der Waals surface area contributed by atoms with Gasteiger partial charge in [0.05, 0.1) is 20.8 Å². The highest BCUT2D eigenvalue weighted by atomic mass is 16.5. The lowest BCUT2D eigenvalue weighted by Crippen LogP contribution is -2.18. The molecule has 1 unspecified atom stereocenters. The Morgan fingerprint density at radius 1 is 0.958 bits per heavy atom. The second-order valence-electron chi connectivity index (χ2n) is 5.70. The molecule has 0 heterocycles. The van der Waals surface area contributed by atoms with Crippen molar-refractivity contribution in [1.29, 1.82) is 0 Å². The Kier molecular flexibility index (Phi) is 6.94. The van der Waals surface area contributed by atoms with Crippen molar-refractivity contribution >= 4 is 0 Å². The Labute approximate surface area is 144 Å². The predicted octanol–water partition coefficient (Wildman–Crippen LogP) is 4.34. The number of nitrogens with one attached hydrogen (secondary N) is 1. The van der Waals surface area contributed by atoms with E-state index < -0.39 is 0 Å². The molecular formula is C20H27NO3. The van der Waals surface area contributed by atoms with E-state index in [4.69, 9.17) is 14.2 Å². The Hall–Kier alpha value is -2.20. The van der Waals surface area contributed by atoms with Crippen LogP contribution < -0.4 is 19.5 Å². The average Bonchev–Trinajstić information content (AvgIpc) is 2.64. The summed E-state index contributed by atoms with van der Waals surface area (Å²) in [6, 6.07) is 14.2. The summed E-state index contributed by atoms with van der Waals surface area (Å²) in [4.78, 5) is 0. The highest BCUT2D eigenvalue weighted by Crippen LogP contribution is 2.29. The summed E-state index contributed by atoms with van der Waals surface area (Å²) >= 11 is 0. The highest BCUT2D eigenvalue weighted by molar-refractivity contribution is 5.42. The minimum Gasteiger partial charge on any atom is -0.497 e. The van der Waals surface area contributed by atoms with Crippen molar-refractivity contribution in [3.05, 3.63) is 53.6 Å². The molecule has 1 atom stereocenters. The highest BCUT2D eigenvalue weighted by Gasteiger charge is 2.12. The van der Waals surface area contributed by atoms with Crippen molar-refractivity contribution in [2.45, 2.75) is 32.9 Å². The number of benzene rings is 2. The lowest BCUT2D eigenvalue weighted by molar-refractivity contribution is 0.317. The lowest BCUT2D eigenvalue weighted by atomic mass is 10.1. The second-order valence-corrected chi connectivity index (χ2v) is 5.70. The molecule has 0 saturated heterocycles. The van der Waals surface area contributed by atoms with Gasteiger partial charge in [0.15, 0.2) is 0 Å². The standard InChI is InChI=1S/C20H27NO3/c1-5-12-24-17-8-6-16(7-9-17)14-21-15(2)19-13-18(22-3)10-11-20(19)23-4/h6-11,13,15,21H,5,12,14H2,1-4H3. The third-order valence-electron chi connectivity index (χ3n) is 3.91. The van der Waals surface area contributed by atoms with Gasteiger partial charge in [0, 0.05) is 18.2 Å². The van der Waals surface area contributed by atoms with E-state index in [-0.39, 0.29) is 6.04 Å². The van der Waals surface area contributed by atoms with E-state index in [1.807, 2.05) is 30.3 Å². The zero-order chi connectivity index (χ0) is 17.4. The fourth-order valence-corrected chi connectivity index (χ4v) is 2.48. The normalized spacial score (nSPS) is 11.8. The van der Waals surface area contributed by atoms with E-state index >= 15 is 0 Å². The molecule has 130 valence electrons. The molecule has 4 nitrogen and oxygen atoms in total. The maximum atomic E-state index is 5.61. The van der Waals surface area contributed by atoms with Gasteiger partial charge in [-0.15, -0.1) is 0 Å². The van der Waals surface area contributed by atoms with E-state index in [0.29, 0.717) is 0 Å². The number of rotatable bonds is 9. The van der Waals surface area contributed by atoms with Gasteiger partial charge in [-0.2, -0.15) is 0 Å². The Morgan fingerprint density at radius 3 is 2.29 bits per heavy atom. The quantitative estimate of drug-likeness (QED) is 0.743. The molecule has 0 spiro atoms. The molecular weight excluding hydrogens is 302 g/mol. The molecule has 1 N–H and O–H groups in total. The van der Waals surface area contributed by atoms with Crippen LogP contribution in [0.3, 0.4) is 0 Å². The van der Waals surface area contributed by atoms with Gasteiger partial charge in [-0.25, -0.2) is 0 Å². The maximum Gasteiger partial charge on any atom is 0.123 e. The molecule has 0 aliphatic carbocycles. The third kappa shape index (κ3) is 4.90. The molecule has 0 saturated carbocycles. The van der Waals surface area contributed by atoms with Crippen LogP contribution in [0, 0.1) is 0 Å². The van der Waals surface area contributed by atoms with Crippen LogP contribution in [0.5, 0.6) is 17.2 Å². The van der Waals surface area contributed by atoms with E-state index in [0.717, 1.165) is 42.4 Å². The zero-order valence-corrected chi connectivity index (χ0v) is 15.0. The Morgan fingerprint density at radius 2 is 1.67 bits per heavy atom. The molecule has 0 bridgehead atoms. The van der Waals surface area contributed by atoms with E-state index in [2.05, 4.69) is 31.3 Å². The molecule has 0 radical (unpaired) electrons. The molecule has 2 aromatic carbocycles. The van der Waals surface area contributed by atoms with Crippen molar-refractivity contribution < 1.29 is 14.2 Å².